The van der Waals surface area contributed by atoms with Crippen LogP contribution in [0, 0.1) is 5.92 Å². The van der Waals surface area contributed by atoms with Crippen molar-refractivity contribution in [2.24, 2.45) is 5.92 Å². The lowest BCUT2D eigenvalue weighted by Crippen LogP contribution is -2.57. The number of rotatable bonds is 2. The summed E-state index contributed by atoms with van der Waals surface area (Å²) in [5, 5.41) is 3.12. The van der Waals surface area contributed by atoms with Crippen molar-refractivity contribution >= 4 is 17.0 Å². The van der Waals surface area contributed by atoms with E-state index in [0.717, 1.165) is 6.54 Å². The van der Waals surface area contributed by atoms with Crippen LogP contribution in [0.5, 0.6) is 0 Å². The topological polar surface area (TPSA) is 71.3 Å². The second kappa shape index (κ2) is 4.56. The number of fused-ring (bicyclic) bond motifs is 4. The number of carbonyl (C=O) groups is 1. The minimum absolute atomic E-state index is 0.123. The van der Waals surface area contributed by atoms with Gasteiger partial charge in [-0.3, -0.25) is 4.79 Å². The Hall–Kier alpha value is -1.95. The molecule has 3 aliphatic heterocycles. The molecule has 0 aromatic carbocycles. The predicted octanol–water partition coefficient (Wildman–Crippen LogP) is 1.05. The SMILES string of the molecule is O=C(NC1CN2CCC1CC2)c1cc2ocnc2cn1. The Kier molecular flexibility index (Phi) is 2.70. The summed E-state index contributed by atoms with van der Waals surface area (Å²) < 4.78 is 5.21. The van der Waals surface area contributed by atoms with E-state index in [2.05, 4.69) is 20.2 Å². The number of aromatic nitrogens is 2. The molecule has 1 unspecified atom stereocenters. The van der Waals surface area contributed by atoms with Gasteiger partial charge in [0.1, 0.15) is 11.2 Å². The highest BCUT2D eigenvalue weighted by Gasteiger charge is 2.35. The van der Waals surface area contributed by atoms with Gasteiger partial charge in [0.25, 0.3) is 5.91 Å². The molecule has 2 aromatic rings. The first kappa shape index (κ1) is 11.8. The van der Waals surface area contributed by atoms with E-state index >= 15 is 0 Å². The van der Waals surface area contributed by atoms with Gasteiger partial charge in [-0.15, -0.1) is 0 Å². The summed E-state index contributed by atoms with van der Waals surface area (Å²) in [4.78, 5) is 22.9. The first-order valence-corrected chi connectivity index (χ1v) is 7.02. The smallest absolute Gasteiger partial charge is 0.270 e. The predicted molar refractivity (Wildman–Crippen MR) is 72.2 cm³/mol. The Morgan fingerprint density at radius 3 is 2.95 bits per heavy atom. The van der Waals surface area contributed by atoms with Crippen LogP contribution in [0.4, 0.5) is 0 Å². The molecule has 5 rings (SSSR count). The zero-order valence-corrected chi connectivity index (χ0v) is 11.1. The van der Waals surface area contributed by atoms with Crippen molar-refractivity contribution in [2.75, 3.05) is 19.6 Å². The molecule has 6 heteroatoms. The van der Waals surface area contributed by atoms with E-state index in [1.807, 2.05) is 0 Å². The van der Waals surface area contributed by atoms with Crippen LogP contribution in [0.2, 0.25) is 0 Å². The maximum absolute atomic E-state index is 12.3. The van der Waals surface area contributed by atoms with E-state index in [4.69, 9.17) is 4.42 Å². The van der Waals surface area contributed by atoms with Crippen LogP contribution in [-0.2, 0) is 0 Å². The molecule has 1 N–H and O–H groups in total. The molecule has 3 fully saturated rings. The Bertz CT molecular complexity index is 645. The molecule has 6 nitrogen and oxygen atoms in total. The average molecular weight is 272 g/mol. The molecule has 0 saturated carbocycles. The van der Waals surface area contributed by atoms with Gasteiger partial charge < -0.3 is 14.6 Å². The third kappa shape index (κ3) is 1.96. The van der Waals surface area contributed by atoms with Gasteiger partial charge in [-0.2, -0.15) is 0 Å². The van der Waals surface area contributed by atoms with Crippen LogP contribution >= 0.6 is 0 Å². The van der Waals surface area contributed by atoms with E-state index < -0.39 is 0 Å². The zero-order chi connectivity index (χ0) is 13.5. The quantitative estimate of drug-likeness (QED) is 0.884. The van der Waals surface area contributed by atoms with E-state index in [0.29, 0.717) is 22.7 Å². The molecule has 20 heavy (non-hydrogen) atoms. The van der Waals surface area contributed by atoms with Gasteiger partial charge in [-0.05, 0) is 31.8 Å². The highest BCUT2D eigenvalue weighted by molar-refractivity contribution is 5.94. The van der Waals surface area contributed by atoms with Crippen LogP contribution in [0.3, 0.4) is 0 Å². The van der Waals surface area contributed by atoms with Crippen LogP contribution in [-0.4, -0.2) is 46.5 Å². The largest absolute Gasteiger partial charge is 0.443 e. The van der Waals surface area contributed by atoms with Crippen molar-refractivity contribution in [3.8, 4) is 0 Å². The Labute approximate surface area is 116 Å². The van der Waals surface area contributed by atoms with Crippen molar-refractivity contribution in [1.82, 2.24) is 20.2 Å². The van der Waals surface area contributed by atoms with Gasteiger partial charge >= 0.3 is 0 Å². The summed E-state index contributed by atoms with van der Waals surface area (Å²) in [6, 6.07) is 1.90. The minimum Gasteiger partial charge on any atom is -0.443 e. The maximum Gasteiger partial charge on any atom is 0.270 e. The first-order valence-electron chi connectivity index (χ1n) is 7.02. The minimum atomic E-state index is -0.123. The molecule has 3 aliphatic rings. The van der Waals surface area contributed by atoms with E-state index in [9.17, 15) is 4.79 Å². The van der Waals surface area contributed by atoms with Crippen molar-refractivity contribution in [2.45, 2.75) is 18.9 Å². The number of oxazole rings is 1. The normalized spacial score (nSPS) is 28.7. The van der Waals surface area contributed by atoms with Gasteiger partial charge in [0.2, 0.25) is 0 Å². The van der Waals surface area contributed by atoms with Crippen LogP contribution in [0.15, 0.2) is 23.1 Å². The molecule has 2 bridgehead atoms. The lowest BCUT2D eigenvalue weighted by molar-refractivity contribution is 0.0618. The summed E-state index contributed by atoms with van der Waals surface area (Å²) >= 11 is 0. The molecule has 1 amide bonds. The summed E-state index contributed by atoms with van der Waals surface area (Å²) in [6.07, 6.45) is 5.30. The number of piperidine rings is 3. The molecular weight excluding hydrogens is 256 g/mol. The maximum atomic E-state index is 12.3. The molecule has 0 spiro atoms. The average Bonchev–Trinajstić information content (AvgIpc) is 2.96. The lowest BCUT2D eigenvalue weighted by Gasteiger charge is -2.44. The fourth-order valence-electron chi connectivity index (χ4n) is 3.26. The number of pyridine rings is 1. The summed E-state index contributed by atoms with van der Waals surface area (Å²) in [5.41, 5.74) is 1.66. The van der Waals surface area contributed by atoms with Gasteiger partial charge in [0.15, 0.2) is 12.0 Å². The summed E-state index contributed by atoms with van der Waals surface area (Å²) in [5.74, 6) is 0.486. The van der Waals surface area contributed by atoms with Crippen LogP contribution in [0.25, 0.3) is 11.1 Å². The number of hydrogen-bond donors (Lipinski definition) is 1. The number of amides is 1. The third-order valence-corrected chi connectivity index (χ3v) is 4.42. The number of nitrogens with one attached hydrogen (secondary N) is 1. The summed E-state index contributed by atoms with van der Waals surface area (Å²) in [6.45, 7) is 3.29. The number of nitrogens with zero attached hydrogens (tertiary/aromatic N) is 3. The van der Waals surface area contributed by atoms with Gasteiger partial charge in [-0.25, -0.2) is 9.97 Å². The van der Waals surface area contributed by atoms with E-state index in [-0.39, 0.29) is 11.9 Å². The zero-order valence-electron chi connectivity index (χ0n) is 11.1. The second-order valence-electron chi connectivity index (χ2n) is 5.61. The molecule has 2 aromatic heterocycles. The van der Waals surface area contributed by atoms with E-state index in [1.54, 1.807) is 12.3 Å². The molecule has 1 atom stereocenters. The first-order chi connectivity index (χ1) is 9.79. The Morgan fingerprint density at radius 1 is 1.35 bits per heavy atom. The standard InChI is InChI=1S/C14H16N4O2/c19-14(10-5-13-11(6-15-10)16-8-20-13)17-12-7-18-3-1-9(12)2-4-18/h5-6,8-9,12H,1-4,7H2,(H,17,19). The molecule has 0 aliphatic carbocycles. The molecule has 0 radical (unpaired) electrons. The Balaban J connectivity index is 1.52. The van der Waals surface area contributed by atoms with Crippen molar-refractivity contribution in [3.63, 3.8) is 0 Å². The van der Waals surface area contributed by atoms with Crippen molar-refractivity contribution in [1.29, 1.82) is 0 Å². The molecule has 104 valence electrons. The lowest BCUT2D eigenvalue weighted by atomic mass is 9.84. The van der Waals surface area contributed by atoms with Crippen molar-refractivity contribution in [3.05, 3.63) is 24.4 Å². The highest BCUT2D eigenvalue weighted by Crippen LogP contribution is 2.27. The van der Waals surface area contributed by atoms with Crippen LogP contribution in [0.1, 0.15) is 23.3 Å². The monoisotopic (exact) mass is 272 g/mol. The highest BCUT2D eigenvalue weighted by atomic mass is 16.3. The number of carbonyl (C=O) groups excluding carboxylic acids is 1. The fourth-order valence-corrected chi connectivity index (χ4v) is 3.26. The fraction of sp³-hybridized carbons (Fsp3) is 0.500. The number of hydrogen-bond acceptors (Lipinski definition) is 5. The molecular formula is C14H16N4O2. The van der Waals surface area contributed by atoms with Crippen molar-refractivity contribution < 1.29 is 9.21 Å². The Morgan fingerprint density at radius 2 is 2.20 bits per heavy atom. The molecule has 3 saturated heterocycles. The van der Waals surface area contributed by atoms with Crippen LogP contribution < -0.4 is 5.32 Å². The van der Waals surface area contributed by atoms with Gasteiger partial charge in [0, 0.05) is 18.7 Å². The van der Waals surface area contributed by atoms with Gasteiger partial charge in [-0.1, -0.05) is 0 Å². The second-order valence-corrected chi connectivity index (χ2v) is 5.61. The van der Waals surface area contributed by atoms with Gasteiger partial charge in [0.05, 0.1) is 6.20 Å². The third-order valence-electron chi connectivity index (χ3n) is 4.42. The summed E-state index contributed by atoms with van der Waals surface area (Å²) in [7, 11) is 0. The van der Waals surface area contributed by atoms with E-state index in [1.165, 1.54) is 32.3 Å². The molecule has 5 heterocycles.